The lowest BCUT2D eigenvalue weighted by atomic mass is 10.2. The van der Waals surface area contributed by atoms with Gasteiger partial charge in [-0.2, -0.15) is 0 Å². The Labute approximate surface area is 169 Å². The van der Waals surface area contributed by atoms with Gasteiger partial charge in [0.05, 0.1) is 19.9 Å². The molecule has 0 aliphatic heterocycles. The van der Waals surface area contributed by atoms with Crippen molar-refractivity contribution in [3.05, 3.63) is 64.4 Å². The maximum Gasteiger partial charge on any atom is 0.143 e. The van der Waals surface area contributed by atoms with Gasteiger partial charge in [0.1, 0.15) is 29.0 Å². The van der Waals surface area contributed by atoms with E-state index in [1.165, 1.54) is 0 Å². The SMILES string of the molecule is COc1ccc(CNc2cc(Nc3cc(C)c(Cl)cc3OC)nc(C)n2)cc1. The molecule has 0 aliphatic rings. The number of hydrogen-bond acceptors (Lipinski definition) is 6. The van der Waals surface area contributed by atoms with Crippen LogP contribution in [-0.4, -0.2) is 24.2 Å². The topological polar surface area (TPSA) is 68.3 Å². The van der Waals surface area contributed by atoms with E-state index in [4.69, 9.17) is 21.1 Å². The van der Waals surface area contributed by atoms with E-state index in [0.29, 0.717) is 29.0 Å². The average molecular weight is 399 g/mol. The Hall–Kier alpha value is -2.99. The van der Waals surface area contributed by atoms with E-state index in [2.05, 4.69) is 20.6 Å². The van der Waals surface area contributed by atoms with Crippen LogP contribution in [0.15, 0.2) is 42.5 Å². The Morgan fingerprint density at radius 3 is 2.32 bits per heavy atom. The Bertz CT molecular complexity index is 961. The molecule has 0 aliphatic carbocycles. The minimum absolute atomic E-state index is 0.642. The second-order valence-corrected chi connectivity index (χ2v) is 6.72. The molecular weight excluding hydrogens is 376 g/mol. The van der Waals surface area contributed by atoms with Gasteiger partial charge in [0.15, 0.2) is 0 Å². The number of hydrogen-bond donors (Lipinski definition) is 2. The lowest BCUT2D eigenvalue weighted by Gasteiger charge is -2.14. The number of halogens is 1. The molecule has 0 amide bonds. The zero-order chi connectivity index (χ0) is 20.1. The number of ether oxygens (including phenoxy) is 2. The molecule has 0 atom stereocenters. The first-order valence-corrected chi connectivity index (χ1v) is 9.20. The van der Waals surface area contributed by atoms with Crippen LogP contribution >= 0.6 is 11.6 Å². The Kier molecular flexibility index (Phi) is 6.21. The molecule has 7 heteroatoms. The van der Waals surface area contributed by atoms with Gasteiger partial charge in [-0.3, -0.25) is 0 Å². The van der Waals surface area contributed by atoms with E-state index in [1.807, 2.05) is 50.2 Å². The fraction of sp³-hybridized carbons (Fsp3) is 0.238. The molecule has 3 rings (SSSR count). The minimum atomic E-state index is 0.642. The van der Waals surface area contributed by atoms with Crippen molar-refractivity contribution in [2.24, 2.45) is 0 Å². The summed E-state index contributed by atoms with van der Waals surface area (Å²) in [5.74, 6) is 3.55. The molecule has 3 aromatic rings. The summed E-state index contributed by atoms with van der Waals surface area (Å²) in [5, 5.41) is 7.28. The van der Waals surface area contributed by atoms with E-state index in [1.54, 1.807) is 20.3 Å². The van der Waals surface area contributed by atoms with E-state index >= 15 is 0 Å². The van der Waals surface area contributed by atoms with Gasteiger partial charge in [0.25, 0.3) is 0 Å². The normalized spacial score (nSPS) is 10.5. The van der Waals surface area contributed by atoms with Gasteiger partial charge in [-0.1, -0.05) is 23.7 Å². The molecule has 0 unspecified atom stereocenters. The largest absolute Gasteiger partial charge is 0.497 e. The first-order valence-electron chi connectivity index (χ1n) is 8.82. The predicted octanol–water partition coefficient (Wildman–Crippen LogP) is 5.12. The van der Waals surface area contributed by atoms with Gasteiger partial charge >= 0.3 is 0 Å². The fourth-order valence-electron chi connectivity index (χ4n) is 2.73. The number of rotatable bonds is 7. The van der Waals surface area contributed by atoms with Crippen molar-refractivity contribution >= 4 is 28.9 Å². The van der Waals surface area contributed by atoms with Gasteiger partial charge < -0.3 is 20.1 Å². The van der Waals surface area contributed by atoms with Crippen LogP contribution in [-0.2, 0) is 6.54 Å². The van der Waals surface area contributed by atoms with Crippen LogP contribution < -0.4 is 20.1 Å². The van der Waals surface area contributed by atoms with Gasteiger partial charge in [-0.25, -0.2) is 9.97 Å². The van der Waals surface area contributed by atoms with E-state index in [0.717, 1.165) is 28.4 Å². The fourth-order valence-corrected chi connectivity index (χ4v) is 2.88. The molecule has 0 fully saturated rings. The predicted molar refractivity (Wildman–Crippen MR) is 113 cm³/mol. The third kappa shape index (κ3) is 4.84. The van der Waals surface area contributed by atoms with Crippen molar-refractivity contribution in [1.82, 2.24) is 9.97 Å². The highest BCUT2D eigenvalue weighted by Crippen LogP contribution is 2.33. The molecule has 0 radical (unpaired) electrons. The summed E-state index contributed by atoms with van der Waals surface area (Å²) < 4.78 is 10.6. The third-order valence-electron chi connectivity index (χ3n) is 4.21. The summed E-state index contributed by atoms with van der Waals surface area (Å²) in [6.07, 6.45) is 0. The molecule has 1 aromatic heterocycles. The van der Waals surface area contributed by atoms with E-state index in [-0.39, 0.29) is 0 Å². The molecule has 1 heterocycles. The Balaban J connectivity index is 1.77. The second-order valence-electron chi connectivity index (χ2n) is 6.31. The molecule has 0 saturated heterocycles. The average Bonchev–Trinajstić information content (AvgIpc) is 2.69. The molecule has 0 spiro atoms. The lowest BCUT2D eigenvalue weighted by molar-refractivity contribution is 0.414. The molecule has 6 nitrogen and oxygen atoms in total. The molecule has 28 heavy (non-hydrogen) atoms. The van der Waals surface area contributed by atoms with Crippen LogP contribution in [0, 0.1) is 13.8 Å². The van der Waals surface area contributed by atoms with Crippen LogP contribution in [0.25, 0.3) is 0 Å². The first kappa shape index (κ1) is 19.8. The first-order chi connectivity index (χ1) is 13.5. The number of nitrogens with one attached hydrogen (secondary N) is 2. The quantitative estimate of drug-likeness (QED) is 0.575. The van der Waals surface area contributed by atoms with Gasteiger partial charge in [-0.05, 0) is 43.2 Å². The maximum atomic E-state index is 6.19. The van der Waals surface area contributed by atoms with E-state index < -0.39 is 0 Å². The van der Waals surface area contributed by atoms with Gasteiger partial charge in [0, 0.05) is 23.7 Å². The van der Waals surface area contributed by atoms with Crippen LogP contribution in [0.2, 0.25) is 5.02 Å². The van der Waals surface area contributed by atoms with Gasteiger partial charge in [0.2, 0.25) is 0 Å². The zero-order valence-corrected chi connectivity index (χ0v) is 17.1. The summed E-state index contributed by atoms with van der Waals surface area (Å²) in [5.41, 5.74) is 2.87. The van der Waals surface area contributed by atoms with Crippen molar-refractivity contribution in [3.63, 3.8) is 0 Å². The Morgan fingerprint density at radius 2 is 1.64 bits per heavy atom. The zero-order valence-electron chi connectivity index (χ0n) is 16.3. The Morgan fingerprint density at radius 1 is 0.929 bits per heavy atom. The molecule has 0 bridgehead atoms. The highest BCUT2D eigenvalue weighted by molar-refractivity contribution is 6.31. The number of benzene rings is 2. The monoisotopic (exact) mass is 398 g/mol. The highest BCUT2D eigenvalue weighted by Gasteiger charge is 2.09. The summed E-state index contributed by atoms with van der Waals surface area (Å²) in [7, 11) is 3.27. The van der Waals surface area contributed by atoms with Crippen molar-refractivity contribution < 1.29 is 9.47 Å². The summed E-state index contributed by atoms with van der Waals surface area (Å²) in [4.78, 5) is 8.93. The number of aromatic nitrogens is 2. The smallest absolute Gasteiger partial charge is 0.143 e. The minimum Gasteiger partial charge on any atom is -0.497 e. The van der Waals surface area contributed by atoms with Crippen LogP contribution in [0.5, 0.6) is 11.5 Å². The van der Waals surface area contributed by atoms with Gasteiger partial charge in [-0.15, -0.1) is 0 Å². The van der Waals surface area contributed by atoms with Crippen molar-refractivity contribution in [2.75, 3.05) is 24.9 Å². The van der Waals surface area contributed by atoms with E-state index in [9.17, 15) is 0 Å². The maximum absolute atomic E-state index is 6.19. The highest BCUT2D eigenvalue weighted by atomic mass is 35.5. The van der Waals surface area contributed by atoms with Crippen molar-refractivity contribution in [3.8, 4) is 11.5 Å². The molecule has 146 valence electrons. The summed E-state index contributed by atoms with van der Waals surface area (Å²) >= 11 is 6.19. The molecule has 0 saturated carbocycles. The molecule has 2 aromatic carbocycles. The summed E-state index contributed by atoms with van der Waals surface area (Å²) in [6, 6.07) is 13.5. The summed E-state index contributed by atoms with van der Waals surface area (Å²) in [6.45, 7) is 4.44. The number of anilines is 3. The third-order valence-corrected chi connectivity index (χ3v) is 4.62. The van der Waals surface area contributed by atoms with Crippen LogP contribution in [0.4, 0.5) is 17.3 Å². The number of aryl methyl sites for hydroxylation is 2. The van der Waals surface area contributed by atoms with Crippen LogP contribution in [0.3, 0.4) is 0 Å². The van der Waals surface area contributed by atoms with Crippen molar-refractivity contribution in [1.29, 1.82) is 0 Å². The second kappa shape index (κ2) is 8.80. The lowest BCUT2D eigenvalue weighted by Crippen LogP contribution is -2.05. The van der Waals surface area contributed by atoms with Crippen molar-refractivity contribution in [2.45, 2.75) is 20.4 Å². The molecule has 2 N–H and O–H groups in total. The number of nitrogens with zero attached hydrogens (tertiary/aromatic N) is 2. The number of methoxy groups -OCH3 is 2. The van der Waals surface area contributed by atoms with Crippen LogP contribution in [0.1, 0.15) is 17.0 Å². The standard InChI is InChI=1S/C21H23ClN4O2/c1-13-9-18(19(28-4)10-17(13)22)26-21-11-20(24-14(2)25-21)23-12-15-5-7-16(27-3)8-6-15/h5-11H,12H2,1-4H3,(H2,23,24,25,26). The molecular formula is C21H23ClN4O2.